The maximum atomic E-state index is 12.3. The zero-order valence-corrected chi connectivity index (χ0v) is 12.7. The highest BCUT2D eigenvalue weighted by molar-refractivity contribution is 5.96. The zero-order valence-electron chi connectivity index (χ0n) is 12.7. The molecule has 3 aromatic rings. The van der Waals surface area contributed by atoms with E-state index in [1.54, 1.807) is 30.3 Å². The fourth-order valence-electron chi connectivity index (χ4n) is 2.45. The number of carboxylic acid groups (broad SMARTS) is 1. The predicted molar refractivity (Wildman–Crippen MR) is 89.2 cm³/mol. The third-order valence-electron chi connectivity index (χ3n) is 3.47. The van der Waals surface area contributed by atoms with E-state index >= 15 is 0 Å². The van der Waals surface area contributed by atoms with E-state index in [0.717, 1.165) is 0 Å². The average molecular weight is 323 g/mol. The molecule has 2 aromatic carbocycles. The second-order valence-corrected chi connectivity index (χ2v) is 5.22. The lowest BCUT2D eigenvalue weighted by Crippen LogP contribution is -2.07. The number of carbonyl (C=O) groups excluding carboxylic acids is 1. The lowest BCUT2D eigenvalue weighted by atomic mass is 10.0. The van der Waals surface area contributed by atoms with Crippen LogP contribution in [0.4, 0.5) is 5.69 Å². The van der Waals surface area contributed by atoms with Crippen molar-refractivity contribution in [1.29, 1.82) is 0 Å². The summed E-state index contributed by atoms with van der Waals surface area (Å²) in [5.41, 5.74) is 0.818. The highest BCUT2D eigenvalue weighted by Crippen LogP contribution is 2.26. The number of carbonyl (C=O) groups is 2. The summed E-state index contributed by atoms with van der Waals surface area (Å²) in [5, 5.41) is 12.2. The lowest BCUT2D eigenvalue weighted by Gasteiger charge is -2.08. The van der Waals surface area contributed by atoms with E-state index in [1.165, 1.54) is 25.1 Å². The summed E-state index contributed by atoms with van der Waals surface area (Å²) in [5.74, 6) is -1.20. The van der Waals surface area contributed by atoms with Gasteiger partial charge in [-0.05, 0) is 18.2 Å². The van der Waals surface area contributed by atoms with Crippen LogP contribution in [-0.2, 0) is 4.79 Å². The molecule has 0 bridgehead atoms. The highest BCUT2D eigenvalue weighted by atomic mass is 16.4. The van der Waals surface area contributed by atoms with Crippen molar-refractivity contribution in [2.24, 2.45) is 0 Å². The molecule has 0 saturated carbocycles. The third kappa shape index (κ3) is 2.89. The van der Waals surface area contributed by atoms with Crippen molar-refractivity contribution < 1.29 is 19.1 Å². The van der Waals surface area contributed by atoms with Gasteiger partial charge in [0.25, 0.3) is 0 Å². The molecule has 0 unspecified atom stereocenters. The summed E-state index contributed by atoms with van der Waals surface area (Å²) in [4.78, 5) is 34.8. The zero-order chi connectivity index (χ0) is 17.3. The van der Waals surface area contributed by atoms with Crippen LogP contribution in [0, 0.1) is 0 Å². The molecular weight excluding hydrogens is 310 g/mol. The van der Waals surface area contributed by atoms with Gasteiger partial charge in [-0.1, -0.05) is 18.2 Å². The van der Waals surface area contributed by atoms with Gasteiger partial charge in [-0.2, -0.15) is 0 Å². The molecule has 0 atom stereocenters. The summed E-state index contributed by atoms with van der Waals surface area (Å²) in [6.45, 7) is 1.37. The van der Waals surface area contributed by atoms with Gasteiger partial charge in [-0.25, -0.2) is 4.79 Å². The Morgan fingerprint density at radius 3 is 2.54 bits per heavy atom. The van der Waals surface area contributed by atoms with Gasteiger partial charge < -0.3 is 14.8 Å². The molecular formula is C18H13NO5. The van der Waals surface area contributed by atoms with Crippen molar-refractivity contribution in [3.63, 3.8) is 0 Å². The molecule has 24 heavy (non-hydrogen) atoms. The molecule has 0 aliphatic rings. The van der Waals surface area contributed by atoms with E-state index in [-0.39, 0.29) is 28.2 Å². The summed E-state index contributed by atoms with van der Waals surface area (Å²) >= 11 is 0. The van der Waals surface area contributed by atoms with Gasteiger partial charge in [-0.3, -0.25) is 9.59 Å². The first-order valence-electron chi connectivity index (χ1n) is 7.14. The number of rotatable bonds is 3. The Labute approximate surface area is 136 Å². The smallest absolute Gasteiger partial charge is 0.336 e. The van der Waals surface area contributed by atoms with Crippen molar-refractivity contribution in [1.82, 2.24) is 0 Å². The number of anilines is 1. The fraction of sp³-hybridized carbons (Fsp3) is 0.0556. The van der Waals surface area contributed by atoms with Crippen LogP contribution < -0.4 is 10.7 Å². The molecule has 120 valence electrons. The quantitative estimate of drug-likeness (QED) is 0.772. The number of nitrogens with one attached hydrogen (secondary N) is 1. The molecule has 6 heteroatoms. The Morgan fingerprint density at radius 1 is 1.08 bits per heavy atom. The average Bonchev–Trinajstić information content (AvgIpc) is 2.53. The van der Waals surface area contributed by atoms with Crippen molar-refractivity contribution in [3.8, 4) is 11.3 Å². The van der Waals surface area contributed by atoms with Gasteiger partial charge in [0.15, 0.2) is 5.43 Å². The van der Waals surface area contributed by atoms with Gasteiger partial charge >= 0.3 is 5.97 Å². The minimum atomic E-state index is -1.11. The summed E-state index contributed by atoms with van der Waals surface area (Å²) in [6.07, 6.45) is 0. The van der Waals surface area contributed by atoms with Gasteiger partial charge in [0.2, 0.25) is 5.91 Å². The van der Waals surface area contributed by atoms with E-state index in [1.807, 2.05) is 0 Å². The second-order valence-electron chi connectivity index (χ2n) is 5.22. The Kier molecular flexibility index (Phi) is 3.87. The molecule has 0 aliphatic carbocycles. The second kappa shape index (κ2) is 6.00. The maximum Gasteiger partial charge on any atom is 0.336 e. The summed E-state index contributed by atoms with van der Waals surface area (Å²) in [6, 6.07) is 12.2. The number of aromatic carboxylic acids is 1. The molecule has 0 radical (unpaired) electrons. The van der Waals surface area contributed by atoms with Crippen LogP contribution in [0.25, 0.3) is 22.3 Å². The predicted octanol–water partition coefficient (Wildman–Crippen LogP) is 3.12. The van der Waals surface area contributed by atoms with Crippen molar-refractivity contribution in [3.05, 3.63) is 64.3 Å². The molecule has 2 N–H and O–H groups in total. The van der Waals surface area contributed by atoms with Crippen LogP contribution in [0.2, 0.25) is 0 Å². The standard InChI is InChI=1S/C18H13NO5/c1-10(20)19-11-6-7-14-15(21)9-17(24-16(14)8-11)12-4-2-3-5-13(12)18(22)23/h2-9H,1H3,(H,19,20)(H,22,23). The fourth-order valence-corrected chi connectivity index (χ4v) is 2.45. The molecule has 1 amide bonds. The first-order valence-corrected chi connectivity index (χ1v) is 7.14. The van der Waals surface area contributed by atoms with Crippen LogP contribution >= 0.6 is 0 Å². The third-order valence-corrected chi connectivity index (χ3v) is 3.47. The summed E-state index contributed by atoms with van der Waals surface area (Å²) in [7, 11) is 0. The molecule has 0 fully saturated rings. The van der Waals surface area contributed by atoms with Crippen LogP contribution in [0.5, 0.6) is 0 Å². The molecule has 1 aromatic heterocycles. The number of hydrogen-bond acceptors (Lipinski definition) is 4. The van der Waals surface area contributed by atoms with E-state index in [4.69, 9.17) is 4.42 Å². The van der Waals surface area contributed by atoms with Crippen LogP contribution in [0.3, 0.4) is 0 Å². The van der Waals surface area contributed by atoms with E-state index in [9.17, 15) is 19.5 Å². The number of benzene rings is 2. The van der Waals surface area contributed by atoms with Gasteiger partial charge in [0.05, 0.1) is 10.9 Å². The van der Waals surface area contributed by atoms with Crippen molar-refractivity contribution in [2.75, 3.05) is 5.32 Å². The van der Waals surface area contributed by atoms with Crippen LogP contribution in [0.1, 0.15) is 17.3 Å². The Balaban J connectivity index is 2.22. The minimum Gasteiger partial charge on any atom is -0.478 e. The minimum absolute atomic E-state index is 0.0398. The lowest BCUT2D eigenvalue weighted by molar-refractivity contribution is -0.114. The number of amides is 1. The highest BCUT2D eigenvalue weighted by Gasteiger charge is 2.15. The molecule has 1 heterocycles. The van der Waals surface area contributed by atoms with Gasteiger partial charge in [0, 0.05) is 30.3 Å². The number of carboxylic acids is 1. The Hall–Kier alpha value is -3.41. The van der Waals surface area contributed by atoms with E-state index < -0.39 is 5.97 Å². The SMILES string of the molecule is CC(=O)Nc1ccc2c(=O)cc(-c3ccccc3C(=O)O)oc2c1. The Morgan fingerprint density at radius 2 is 1.83 bits per heavy atom. The monoisotopic (exact) mass is 323 g/mol. The van der Waals surface area contributed by atoms with E-state index in [2.05, 4.69) is 5.32 Å². The Bertz CT molecular complexity index is 1020. The van der Waals surface area contributed by atoms with Crippen LogP contribution in [0.15, 0.2) is 57.7 Å². The first kappa shape index (κ1) is 15.5. The van der Waals surface area contributed by atoms with Gasteiger partial charge in [-0.15, -0.1) is 0 Å². The van der Waals surface area contributed by atoms with Crippen molar-refractivity contribution in [2.45, 2.75) is 6.92 Å². The first-order chi connectivity index (χ1) is 11.5. The molecule has 6 nitrogen and oxygen atoms in total. The van der Waals surface area contributed by atoms with Crippen LogP contribution in [-0.4, -0.2) is 17.0 Å². The number of hydrogen-bond donors (Lipinski definition) is 2. The topological polar surface area (TPSA) is 96.6 Å². The van der Waals surface area contributed by atoms with Gasteiger partial charge in [0.1, 0.15) is 11.3 Å². The molecule has 3 rings (SSSR count). The normalized spacial score (nSPS) is 10.5. The van der Waals surface area contributed by atoms with E-state index in [0.29, 0.717) is 16.6 Å². The summed E-state index contributed by atoms with van der Waals surface area (Å²) < 4.78 is 5.73. The number of fused-ring (bicyclic) bond motifs is 1. The molecule has 0 spiro atoms. The molecule has 0 saturated heterocycles. The maximum absolute atomic E-state index is 12.3. The largest absolute Gasteiger partial charge is 0.478 e. The van der Waals surface area contributed by atoms with Crippen molar-refractivity contribution >= 4 is 28.5 Å². The molecule has 0 aliphatic heterocycles.